The van der Waals surface area contributed by atoms with Gasteiger partial charge in [-0.25, -0.2) is 0 Å². The molecule has 0 fully saturated rings. The normalized spacial score (nSPS) is 9.94. The van der Waals surface area contributed by atoms with E-state index >= 15 is 0 Å². The molecule has 0 aliphatic rings. The number of rotatable bonds is 6. The van der Waals surface area contributed by atoms with Crippen molar-refractivity contribution in [2.45, 2.75) is 0 Å². The van der Waals surface area contributed by atoms with E-state index in [1.54, 1.807) is 0 Å². The number of nitrogens with one attached hydrogen (secondary N) is 1. The molecular weight excluding hydrogens is 242 g/mol. The molecular formula is C10H13N3O3S. The minimum atomic E-state index is -0.483. The molecule has 0 aliphatic carbocycles. The van der Waals surface area contributed by atoms with Crippen molar-refractivity contribution in [1.29, 1.82) is 0 Å². The summed E-state index contributed by atoms with van der Waals surface area (Å²) in [6.07, 6.45) is 0. The number of benzene rings is 1. The van der Waals surface area contributed by atoms with Gasteiger partial charge in [0.25, 0.3) is 5.69 Å². The Morgan fingerprint density at radius 3 is 2.59 bits per heavy atom. The monoisotopic (exact) mass is 255 g/mol. The van der Waals surface area contributed by atoms with E-state index in [2.05, 4.69) is 5.32 Å². The average molecular weight is 255 g/mol. The number of carbonyl (C=O) groups excluding carboxylic acids is 1. The Bertz CT molecular complexity index is 394. The third-order valence-electron chi connectivity index (χ3n) is 1.86. The third-order valence-corrected chi connectivity index (χ3v) is 2.85. The molecule has 1 aromatic rings. The molecule has 1 rings (SSSR count). The fourth-order valence-corrected chi connectivity index (χ4v) is 1.68. The van der Waals surface area contributed by atoms with Crippen molar-refractivity contribution in [3.63, 3.8) is 0 Å². The summed E-state index contributed by atoms with van der Waals surface area (Å²) in [4.78, 5) is 21.3. The largest absolute Gasteiger partial charge is 0.330 e. The van der Waals surface area contributed by atoms with Crippen LogP contribution in [0.5, 0.6) is 0 Å². The van der Waals surface area contributed by atoms with Crippen molar-refractivity contribution >= 4 is 29.0 Å². The van der Waals surface area contributed by atoms with Gasteiger partial charge in [-0.3, -0.25) is 14.9 Å². The fraction of sp³-hybridized carbons (Fsp3) is 0.300. The molecule has 7 heteroatoms. The smallest absolute Gasteiger partial charge is 0.269 e. The summed E-state index contributed by atoms with van der Waals surface area (Å²) >= 11 is 1.44. The first kappa shape index (κ1) is 13.5. The van der Waals surface area contributed by atoms with Crippen LogP contribution < -0.4 is 11.1 Å². The van der Waals surface area contributed by atoms with Crippen LogP contribution in [0, 0.1) is 10.1 Å². The van der Waals surface area contributed by atoms with Crippen LogP contribution in [0.1, 0.15) is 0 Å². The number of nitro benzene ring substituents is 1. The lowest BCUT2D eigenvalue weighted by atomic mass is 10.3. The molecule has 0 radical (unpaired) electrons. The van der Waals surface area contributed by atoms with E-state index in [1.807, 2.05) is 0 Å². The Morgan fingerprint density at radius 1 is 1.41 bits per heavy atom. The Labute approximate surface area is 103 Å². The van der Waals surface area contributed by atoms with Gasteiger partial charge in [0.1, 0.15) is 0 Å². The quantitative estimate of drug-likeness (QED) is 0.452. The molecule has 0 bridgehead atoms. The summed E-state index contributed by atoms with van der Waals surface area (Å²) in [5.74, 6) is 0.916. The van der Waals surface area contributed by atoms with Gasteiger partial charge in [-0.2, -0.15) is 11.8 Å². The minimum Gasteiger partial charge on any atom is -0.330 e. The van der Waals surface area contributed by atoms with Crippen LogP contribution in [0.4, 0.5) is 11.4 Å². The molecule has 6 nitrogen and oxygen atoms in total. The predicted molar refractivity (Wildman–Crippen MR) is 68.1 cm³/mol. The van der Waals surface area contributed by atoms with E-state index in [0.717, 1.165) is 5.75 Å². The van der Waals surface area contributed by atoms with Crippen molar-refractivity contribution in [2.24, 2.45) is 5.73 Å². The number of anilines is 1. The zero-order chi connectivity index (χ0) is 12.7. The number of nitrogens with two attached hydrogens (primary N) is 1. The van der Waals surface area contributed by atoms with Gasteiger partial charge >= 0.3 is 0 Å². The second kappa shape index (κ2) is 6.87. The molecule has 0 aliphatic heterocycles. The Balaban J connectivity index is 2.46. The highest BCUT2D eigenvalue weighted by atomic mass is 32.2. The number of hydrogen-bond acceptors (Lipinski definition) is 5. The zero-order valence-electron chi connectivity index (χ0n) is 9.09. The molecule has 0 atom stereocenters. The van der Waals surface area contributed by atoms with Crippen LogP contribution >= 0.6 is 11.8 Å². The molecule has 0 saturated heterocycles. The summed E-state index contributed by atoms with van der Waals surface area (Å²) in [6, 6.07) is 5.71. The van der Waals surface area contributed by atoms with Crippen molar-refractivity contribution in [3.8, 4) is 0 Å². The molecule has 1 aromatic carbocycles. The Morgan fingerprint density at radius 2 is 2.06 bits per heavy atom. The first-order valence-corrected chi connectivity index (χ1v) is 6.11. The predicted octanol–water partition coefficient (Wildman–Crippen LogP) is 1.23. The maximum atomic E-state index is 11.4. The topological polar surface area (TPSA) is 98.3 Å². The van der Waals surface area contributed by atoms with E-state index < -0.39 is 4.92 Å². The van der Waals surface area contributed by atoms with E-state index in [-0.39, 0.29) is 11.6 Å². The average Bonchev–Trinajstić information content (AvgIpc) is 2.30. The van der Waals surface area contributed by atoms with Crippen molar-refractivity contribution < 1.29 is 9.72 Å². The summed E-state index contributed by atoms with van der Waals surface area (Å²) in [5, 5.41) is 13.1. The van der Waals surface area contributed by atoms with Crippen molar-refractivity contribution in [2.75, 3.05) is 23.4 Å². The number of carbonyl (C=O) groups is 1. The van der Waals surface area contributed by atoms with E-state index in [9.17, 15) is 14.9 Å². The SMILES string of the molecule is NCCSCC(=O)Nc1ccc([N+](=O)[O-])cc1. The van der Waals surface area contributed by atoms with Crippen LogP contribution in [-0.2, 0) is 4.79 Å². The standard InChI is InChI=1S/C10H13N3O3S/c11-5-6-17-7-10(14)12-8-1-3-9(4-2-8)13(15)16/h1-4H,5-7,11H2,(H,12,14). The number of nitro groups is 1. The van der Waals surface area contributed by atoms with E-state index in [1.165, 1.54) is 36.0 Å². The molecule has 0 unspecified atom stereocenters. The van der Waals surface area contributed by atoms with Crippen molar-refractivity contribution in [1.82, 2.24) is 0 Å². The number of nitrogens with zero attached hydrogens (tertiary/aromatic N) is 1. The Kier molecular flexibility index (Phi) is 5.44. The maximum Gasteiger partial charge on any atom is 0.269 e. The fourth-order valence-electron chi connectivity index (χ4n) is 1.11. The first-order chi connectivity index (χ1) is 8.13. The highest BCUT2D eigenvalue weighted by Gasteiger charge is 2.06. The zero-order valence-corrected chi connectivity index (χ0v) is 9.90. The van der Waals surface area contributed by atoms with E-state index in [0.29, 0.717) is 18.0 Å². The third kappa shape index (κ3) is 4.83. The second-order valence-electron chi connectivity index (χ2n) is 3.19. The lowest BCUT2D eigenvalue weighted by Crippen LogP contribution is -2.15. The molecule has 0 saturated carbocycles. The van der Waals surface area contributed by atoms with Gasteiger partial charge in [0.15, 0.2) is 0 Å². The minimum absolute atomic E-state index is 0.000468. The van der Waals surface area contributed by atoms with Gasteiger partial charge in [0, 0.05) is 30.1 Å². The van der Waals surface area contributed by atoms with Gasteiger partial charge in [0.05, 0.1) is 10.7 Å². The van der Waals surface area contributed by atoms with Gasteiger partial charge in [0.2, 0.25) is 5.91 Å². The molecule has 3 N–H and O–H groups in total. The van der Waals surface area contributed by atoms with Gasteiger partial charge in [-0.15, -0.1) is 0 Å². The molecule has 0 aromatic heterocycles. The van der Waals surface area contributed by atoms with Crippen LogP contribution in [0.3, 0.4) is 0 Å². The second-order valence-corrected chi connectivity index (χ2v) is 4.30. The highest BCUT2D eigenvalue weighted by molar-refractivity contribution is 7.99. The summed E-state index contributed by atoms with van der Waals surface area (Å²) in [7, 11) is 0. The summed E-state index contributed by atoms with van der Waals surface area (Å²) in [5.41, 5.74) is 5.85. The molecule has 0 heterocycles. The van der Waals surface area contributed by atoms with Gasteiger partial charge < -0.3 is 11.1 Å². The lowest BCUT2D eigenvalue weighted by Gasteiger charge is -2.04. The van der Waals surface area contributed by atoms with Crippen LogP contribution in [0.2, 0.25) is 0 Å². The first-order valence-electron chi connectivity index (χ1n) is 4.95. The molecule has 1 amide bonds. The molecule has 0 spiro atoms. The maximum absolute atomic E-state index is 11.4. The highest BCUT2D eigenvalue weighted by Crippen LogP contribution is 2.15. The number of non-ortho nitro benzene ring substituents is 1. The van der Waals surface area contributed by atoms with Gasteiger partial charge in [-0.05, 0) is 12.1 Å². The number of thioether (sulfide) groups is 1. The summed E-state index contributed by atoms with van der Waals surface area (Å²) < 4.78 is 0. The lowest BCUT2D eigenvalue weighted by molar-refractivity contribution is -0.384. The molecule has 17 heavy (non-hydrogen) atoms. The van der Waals surface area contributed by atoms with Crippen LogP contribution in [-0.4, -0.2) is 28.9 Å². The molecule has 92 valence electrons. The van der Waals surface area contributed by atoms with E-state index in [4.69, 9.17) is 5.73 Å². The Hall–Kier alpha value is -1.60. The number of amides is 1. The van der Waals surface area contributed by atoms with Gasteiger partial charge in [-0.1, -0.05) is 0 Å². The summed E-state index contributed by atoms with van der Waals surface area (Å²) in [6.45, 7) is 0.537. The van der Waals surface area contributed by atoms with Crippen LogP contribution in [0.15, 0.2) is 24.3 Å². The van der Waals surface area contributed by atoms with Crippen molar-refractivity contribution in [3.05, 3.63) is 34.4 Å². The van der Waals surface area contributed by atoms with Crippen LogP contribution in [0.25, 0.3) is 0 Å². The number of hydrogen-bond donors (Lipinski definition) is 2.